The zero-order valence-corrected chi connectivity index (χ0v) is 10.5. The quantitative estimate of drug-likeness (QED) is 0.704. The van der Waals surface area contributed by atoms with Gasteiger partial charge in [-0.3, -0.25) is 4.79 Å². The average molecular weight is 236 g/mol. The Kier molecular flexibility index (Phi) is 5.99. The minimum absolute atomic E-state index is 0.130. The molecule has 0 aliphatic rings. The van der Waals surface area contributed by atoms with Crippen LogP contribution in [0.15, 0.2) is 12.5 Å². The van der Waals surface area contributed by atoms with Crippen LogP contribution < -0.4 is 10.6 Å². The molecule has 94 valence electrons. The normalized spacial score (nSPS) is 10.0. The maximum Gasteiger partial charge on any atom is 0.219 e. The summed E-state index contributed by atoms with van der Waals surface area (Å²) < 4.78 is 0. The summed E-state index contributed by atoms with van der Waals surface area (Å²) in [6.07, 6.45) is 5.69. The van der Waals surface area contributed by atoms with E-state index in [9.17, 15) is 4.79 Å². The summed E-state index contributed by atoms with van der Waals surface area (Å²) in [5.74, 6) is 0.991. The molecular formula is C12H20N4O. The lowest BCUT2D eigenvalue weighted by atomic mass is 10.3. The van der Waals surface area contributed by atoms with E-state index < -0.39 is 0 Å². The third-order valence-electron chi connectivity index (χ3n) is 2.34. The maximum absolute atomic E-state index is 11.2. The number of hydrogen-bond donors (Lipinski definition) is 2. The van der Waals surface area contributed by atoms with Crippen molar-refractivity contribution in [1.29, 1.82) is 0 Å². The highest BCUT2D eigenvalue weighted by molar-refractivity contribution is 5.75. The van der Waals surface area contributed by atoms with Crippen LogP contribution >= 0.6 is 0 Å². The molecule has 0 aliphatic heterocycles. The fourth-order valence-corrected chi connectivity index (χ4v) is 1.42. The van der Waals surface area contributed by atoms with Crippen molar-refractivity contribution in [2.45, 2.75) is 33.1 Å². The highest BCUT2D eigenvalue weighted by Crippen LogP contribution is 2.06. The molecule has 0 radical (unpaired) electrons. The number of aromatic nitrogens is 2. The van der Waals surface area contributed by atoms with Gasteiger partial charge in [0.25, 0.3) is 0 Å². The van der Waals surface area contributed by atoms with Crippen LogP contribution in [0, 0.1) is 6.92 Å². The van der Waals surface area contributed by atoms with Crippen molar-refractivity contribution < 1.29 is 4.79 Å². The van der Waals surface area contributed by atoms with Crippen LogP contribution in [-0.2, 0) is 4.79 Å². The minimum Gasteiger partial charge on any atom is -0.370 e. The molecule has 2 N–H and O–H groups in total. The Morgan fingerprint density at radius 2 is 2.24 bits per heavy atom. The summed E-state index contributed by atoms with van der Waals surface area (Å²) in [5, 5.41) is 6.09. The van der Waals surface area contributed by atoms with Gasteiger partial charge < -0.3 is 10.6 Å². The lowest BCUT2D eigenvalue weighted by Crippen LogP contribution is -2.25. The molecule has 0 fully saturated rings. The van der Waals surface area contributed by atoms with Crippen molar-refractivity contribution in [2.24, 2.45) is 0 Å². The molecule has 0 unspecified atom stereocenters. The average Bonchev–Trinajstić information content (AvgIpc) is 2.31. The van der Waals surface area contributed by atoms with Gasteiger partial charge in [-0.05, 0) is 19.8 Å². The maximum atomic E-state index is 11.2. The lowest BCUT2D eigenvalue weighted by Gasteiger charge is -2.08. The van der Waals surface area contributed by atoms with Crippen molar-refractivity contribution in [2.75, 3.05) is 18.4 Å². The van der Waals surface area contributed by atoms with E-state index in [4.69, 9.17) is 0 Å². The first-order valence-corrected chi connectivity index (χ1v) is 6.01. The highest BCUT2D eigenvalue weighted by Gasteiger charge is 1.99. The Bertz CT molecular complexity index is 354. The zero-order valence-electron chi connectivity index (χ0n) is 10.5. The summed E-state index contributed by atoms with van der Waals surface area (Å²) in [4.78, 5) is 19.2. The van der Waals surface area contributed by atoms with Crippen molar-refractivity contribution in [3.05, 3.63) is 18.1 Å². The van der Waals surface area contributed by atoms with Crippen LogP contribution in [0.3, 0.4) is 0 Å². The van der Waals surface area contributed by atoms with E-state index in [-0.39, 0.29) is 5.91 Å². The van der Waals surface area contributed by atoms with Crippen LogP contribution in [0.5, 0.6) is 0 Å². The van der Waals surface area contributed by atoms with Gasteiger partial charge in [-0.25, -0.2) is 9.97 Å². The number of nitrogens with one attached hydrogen (secondary N) is 2. The van der Waals surface area contributed by atoms with E-state index in [0.717, 1.165) is 30.8 Å². The van der Waals surface area contributed by atoms with Gasteiger partial charge in [-0.2, -0.15) is 0 Å². The van der Waals surface area contributed by atoms with E-state index in [1.807, 2.05) is 13.8 Å². The molecule has 1 heterocycles. The van der Waals surface area contributed by atoms with Gasteiger partial charge in [0.2, 0.25) is 5.91 Å². The standard InChI is InChI=1S/C12H20N4O/c1-3-5-11(17)14-6-4-7-15-12-10(2)8-13-9-16-12/h8-9H,3-7H2,1-2H3,(H,14,17)(H,13,15,16). The van der Waals surface area contributed by atoms with E-state index in [1.54, 1.807) is 6.20 Å². The molecule has 0 saturated carbocycles. The van der Waals surface area contributed by atoms with Crippen LogP contribution in [0.1, 0.15) is 31.7 Å². The monoisotopic (exact) mass is 236 g/mol. The Hall–Kier alpha value is -1.65. The van der Waals surface area contributed by atoms with Crippen LogP contribution in [0.25, 0.3) is 0 Å². The SMILES string of the molecule is CCCC(=O)NCCCNc1ncncc1C. The fourth-order valence-electron chi connectivity index (χ4n) is 1.42. The molecular weight excluding hydrogens is 216 g/mol. The molecule has 1 amide bonds. The van der Waals surface area contributed by atoms with Gasteiger partial charge in [0.15, 0.2) is 0 Å². The summed E-state index contributed by atoms with van der Waals surface area (Å²) in [7, 11) is 0. The van der Waals surface area contributed by atoms with Crippen LogP contribution in [0.4, 0.5) is 5.82 Å². The summed E-state index contributed by atoms with van der Waals surface area (Å²) in [6.45, 7) is 5.46. The molecule has 0 aliphatic carbocycles. The molecule has 5 nitrogen and oxygen atoms in total. The summed E-state index contributed by atoms with van der Waals surface area (Å²) in [5.41, 5.74) is 1.03. The number of carbonyl (C=O) groups is 1. The predicted octanol–water partition coefficient (Wildman–Crippen LogP) is 1.50. The topological polar surface area (TPSA) is 66.9 Å². The molecule has 1 rings (SSSR count). The molecule has 0 aromatic carbocycles. The first-order valence-electron chi connectivity index (χ1n) is 6.01. The van der Waals surface area contributed by atoms with E-state index in [0.29, 0.717) is 13.0 Å². The summed E-state index contributed by atoms with van der Waals surface area (Å²) in [6, 6.07) is 0. The number of anilines is 1. The number of carbonyl (C=O) groups excluding carboxylic acids is 1. The Morgan fingerprint density at radius 3 is 2.94 bits per heavy atom. The predicted molar refractivity (Wildman–Crippen MR) is 67.8 cm³/mol. The van der Waals surface area contributed by atoms with Crippen molar-refractivity contribution >= 4 is 11.7 Å². The first-order chi connectivity index (χ1) is 8.24. The largest absolute Gasteiger partial charge is 0.370 e. The van der Waals surface area contributed by atoms with Gasteiger partial charge in [0.05, 0.1) is 0 Å². The molecule has 17 heavy (non-hydrogen) atoms. The number of aryl methyl sites for hydroxylation is 1. The molecule has 0 atom stereocenters. The van der Waals surface area contributed by atoms with E-state index >= 15 is 0 Å². The second kappa shape index (κ2) is 7.60. The molecule has 0 bridgehead atoms. The molecule has 1 aromatic heterocycles. The van der Waals surface area contributed by atoms with E-state index in [2.05, 4.69) is 20.6 Å². The summed E-state index contributed by atoms with van der Waals surface area (Å²) >= 11 is 0. The van der Waals surface area contributed by atoms with Gasteiger partial charge in [-0.1, -0.05) is 6.92 Å². The molecule has 0 saturated heterocycles. The van der Waals surface area contributed by atoms with Gasteiger partial charge in [-0.15, -0.1) is 0 Å². The van der Waals surface area contributed by atoms with Crippen molar-refractivity contribution in [3.8, 4) is 0 Å². The smallest absolute Gasteiger partial charge is 0.219 e. The number of hydrogen-bond acceptors (Lipinski definition) is 4. The fraction of sp³-hybridized carbons (Fsp3) is 0.583. The molecule has 1 aromatic rings. The molecule has 0 spiro atoms. The van der Waals surface area contributed by atoms with Gasteiger partial charge in [0, 0.05) is 31.3 Å². The van der Waals surface area contributed by atoms with E-state index in [1.165, 1.54) is 6.33 Å². The zero-order chi connectivity index (χ0) is 12.5. The third-order valence-corrected chi connectivity index (χ3v) is 2.34. The second-order valence-corrected chi connectivity index (χ2v) is 3.93. The van der Waals surface area contributed by atoms with Gasteiger partial charge >= 0.3 is 0 Å². The van der Waals surface area contributed by atoms with Crippen molar-refractivity contribution in [1.82, 2.24) is 15.3 Å². The first kappa shape index (κ1) is 13.4. The van der Waals surface area contributed by atoms with Gasteiger partial charge in [0.1, 0.15) is 12.1 Å². The second-order valence-electron chi connectivity index (χ2n) is 3.93. The number of nitrogens with zero attached hydrogens (tertiary/aromatic N) is 2. The van der Waals surface area contributed by atoms with Crippen LogP contribution in [0.2, 0.25) is 0 Å². The van der Waals surface area contributed by atoms with Crippen molar-refractivity contribution in [3.63, 3.8) is 0 Å². The highest BCUT2D eigenvalue weighted by atomic mass is 16.1. The lowest BCUT2D eigenvalue weighted by molar-refractivity contribution is -0.121. The third kappa shape index (κ3) is 5.29. The Labute approximate surface area is 102 Å². The Balaban J connectivity index is 2.13. The number of amides is 1. The minimum atomic E-state index is 0.130. The number of rotatable bonds is 7. The Morgan fingerprint density at radius 1 is 1.41 bits per heavy atom. The molecule has 5 heteroatoms. The van der Waals surface area contributed by atoms with Crippen LogP contribution in [-0.4, -0.2) is 29.0 Å².